The average Bonchev–Trinajstić information content (AvgIpc) is 2.59. The molecule has 0 aromatic heterocycles. The van der Waals surface area contributed by atoms with Gasteiger partial charge in [-0.2, -0.15) is 0 Å². The Balaban J connectivity index is 2.04. The molecule has 0 saturated carbocycles. The van der Waals surface area contributed by atoms with Crippen LogP contribution in [-0.4, -0.2) is 33.1 Å². The quantitative estimate of drug-likeness (QED) is 0.471. The van der Waals surface area contributed by atoms with Crippen LogP contribution < -0.4 is 5.32 Å². The molecule has 0 heterocycles. The smallest absolute Gasteiger partial charge is 0.119 e. The van der Waals surface area contributed by atoms with Crippen LogP contribution in [0, 0.1) is 11.8 Å². The van der Waals surface area contributed by atoms with E-state index in [9.17, 15) is 20.4 Å². The minimum Gasteiger partial charge on any atom is -0.508 e. The number of aliphatic hydroxyl groups excluding tert-OH is 2. The number of hydrogen-bond donors (Lipinski definition) is 5. The maximum absolute atomic E-state index is 10.8. The van der Waals surface area contributed by atoms with Gasteiger partial charge in [-0.05, 0) is 48.6 Å². The number of phenolic OH excluding ortho intramolecular Hbond substituents is 2. The fourth-order valence-electron chi connectivity index (χ4n) is 3.21. The monoisotopic (exact) mass is 359 g/mol. The lowest BCUT2D eigenvalue weighted by molar-refractivity contribution is -0.00187. The normalized spacial score (nSPS) is 14.8. The van der Waals surface area contributed by atoms with Gasteiger partial charge in [0.1, 0.15) is 11.5 Å². The minimum atomic E-state index is -0.970. The van der Waals surface area contributed by atoms with Gasteiger partial charge in [0.05, 0.1) is 12.2 Å². The molecule has 5 nitrogen and oxygen atoms in total. The van der Waals surface area contributed by atoms with E-state index in [1.807, 2.05) is 44.2 Å². The molecule has 0 fully saturated rings. The van der Waals surface area contributed by atoms with E-state index in [4.69, 9.17) is 0 Å². The zero-order valence-corrected chi connectivity index (χ0v) is 15.3. The van der Waals surface area contributed by atoms with E-state index >= 15 is 0 Å². The largest absolute Gasteiger partial charge is 0.508 e. The minimum absolute atomic E-state index is 0.109. The van der Waals surface area contributed by atoms with Gasteiger partial charge in [-0.25, -0.2) is 0 Å². The Kier molecular flexibility index (Phi) is 7.30. The van der Waals surface area contributed by atoms with Crippen molar-refractivity contribution >= 4 is 5.69 Å². The lowest BCUT2D eigenvalue weighted by Crippen LogP contribution is -2.30. The lowest BCUT2D eigenvalue weighted by Gasteiger charge is -2.29. The molecule has 0 aliphatic carbocycles. The number of anilines is 1. The number of para-hydroxylation sites is 1. The first-order valence-corrected chi connectivity index (χ1v) is 9.04. The molecular weight excluding hydrogens is 330 g/mol. The Morgan fingerprint density at radius 1 is 0.923 bits per heavy atom. The van der Waals surface area contributed by atoms with Gasteiger partial charge in [-0.15, -0.1) is 0 Å². The molecule has 2 aromatic rings. The predicted molar refractivity (Wildman–Crippen MR) is 103 cm³/mol. The van der Waals surface area contributed by atoms with Crippen molar-refractivity contribution in [3.63, 3.8) is 0 Å². The summed E-state index contributed by atoms with van der Waals surface area (Å²) in [6.07, 6.45) is -0.576. The summed E-state index contributed by atoms with van der Waals surface area (Å²) in [4.78, 5) is 0. The van der Waals surface area contributed by atoms with Crippen molar-refractivity contribution in [2.75, 3.05) is 11.9 Å². The summed E-state index contributed by atoms with van der Waals surface area (Å²) in [5.41, 5.74) is 1.39. The molecule has 2 aromatic carbocycles. The van der Waals surface area contributed by atoms with Crippen molar-refractivity contribution in [1.29, 1.82) is 0 Å². The van der Waals surface area contributed by atoms with Crippen LogP contribution in [0.15, 0.2) is 48.5 Å². The third-order valence-electron chi connectivity index (χ3n) is 4.45. The number of phenols is 2. The van der Waals surface area contributed by atoms with E-state index in [1.165, 1.54) is 18.2 Å². The summed E-state index contributed by atoms with van der Waals surface area (Å²) in [7, 11) is 0. The van der Waals surface area contributed by atoms with Gasteiger partial charge in [0, 0.05) is 24.2 Å². The van der Waals surface area contributed by atoms with Crippen LogP contribution in [0.4, 0.5) is 5.69 Å². The molecular formula is C21H29NO4. The van der Waals surface area contributed by atoms with Gasteiger partial charge in [0.2, 0.25) is 0 Å². The fourth-order valence-corrected chi connectivity index (χ4v) is 3.21. The van der Waals surface area contributed by atoms with Crippen LogP contribution in [0.3, 0.4) is 0 Å². The second-order valence-corrected chi connectivity index (χ2v) is 7.17. The molecule has 0 saturated heterocycles. The molecule has 0 aliphatic heterocycles. The van der Waals surface area contributed by atoms with Crippen LogP contribution in [0.2, 0.25) is 0 Å². The van der Waals surface area contributed by atoms with Crippen LogP contribution >= 0.6 is 0 Å². The molecule has 0 bridgehead atoms. The summed E-state index contributed by atoms with van der Waals surface area (Å²) < 4.78 is 0. The lowest BCUT2D eigenvalue weighted by atomic mass is 9.83. The standard InChI is InChI=1S/C21H29NO4/c1-14(2)10-19(21(26)15-11-17(23)13-18(24)12-15)20(25)8-9-22-16-6-4-3-5-7-16/h3-7,11-14,19-26H,8-10H2,1-2H3/t19-,20-,21+/m1/s1. The van der Waals surface area contributed by atoms with Crippen molar-refractivity contribution < 1.29 is 20.4 Å². The summed E-state index contributed by atoms with van der Waals surface area (Å²) in [6, 6.07) is 13.8. The van der Waals surface area contributed by atoms with Crippen LogP contribution in [0.5, 0.6) is 11.5 Å². The molecule has 0 unspecified atom stereocenters. The summed E-state index contributed by atoms with van der Waals surface area (Å²) in [5, 5.41) is 44.0. The van der Waals surface area contributed by atoms with E-state index in [-0.39, 0.29) is 17.4 Å². The second-order valence-electron chi connectivity index (χ2n) is 7.17. The van der Waals surface area contributed by atoms with Crippen LogP contribution in [0.25, 0.3) is 0 Å². The van der Waals surface area contributed by atoms with Crippen molar-refractivity contribution in [2.24, 2.45) is 11.8 Å². The van der Waals surface area contributed by atoms with Crippen molar-refractivity contribution in [2.45, 2.75) is 38.9 Å². The molecule has 0 amide bonds. The van der Waals surface area contributed by atoms with Gasteiger partial charge >= 0.3 is 0 Å². The van der Waals surface area contributed by atoms with Gasteiger partial charge in [-0.1, -0.05) is 32.0 Å². The number of nitrogens with one attached hydrogen (secondary N) is 1. The zero-order valence-electron chi connectivity index (χ0n) is 15.3. The number of aromatic hydroxyl groups is 2. The molecule has 0 aliphatic rings. The number of aliphatic hydroxyl groups is 2. The topological polar surface area (TPSA) is 93.0 Å². The van der Waals surface area contributed by atoms with E-state index < -0.39 is 18.1 Å². The molecule has 3 atom stereocenters. The van der Waals surface area contributed by atoms with Gasteiger partial charge < -0.3 is 25.7 Å². The molecule has 0 spiro atoms. The van der Waals surface area contributed by atoms with Gasteiger partial charge in [0.15, 0.2) is 0 Å². The Bertz CT molecular complexity index is 655. The maximum atomic E-state index is 10.8. The van der Waals surface area contributed by atoms with E-state index in [2.05, 4.69) is 5.32 Å². The predicted octanol–water partition coefficient (Wildman–Crippen LogP) is 3.66. The third kappa shape index (κ3) is 5.93. The molecule has 26 heavy (non-hydrogen) atoms. The van der Waals surface area contributed by atoms with Crippen LogP contribution in [0.1, 0.15) is 38.4 Å². The van der Waals surface area contributed by atoms with Crippen LogP contribution in [-0.2, 0) is 0 Å². The fraction of sp³-hybridized carbons (Fsp3) is 0.429. The van der Waals surface area contributed by atoms with Gasteiger partial charge in [0.25, 0.3) is 0 Å². The number of hydrogen-bond acceptors (Lipinski definition) is 5. The molecule has 142 valence electrons. The summed E-state index contributed by atoms with van der Waals surface area (Å²) in [6.45, 7) is 4.65. The van der Waals surface area contributed by atoms with Crippen molar-refractivity contribution in [3.05, 3.63) is 54.1 Å². The van der Waals surface area contributed by atoms with E-state index in [0.29, 0.717) is 24.9 Å². The summed E-state index contributed by atoms with van der Waals surface area (Å²) in [5.74, 6) is -0.323. The van der Waals surface area contributed by atoms with Crippen molar-refractivity contribution in [3.8, 4) is 11.5 Å². The highest BCUT2D eigenvalue weighted by atomic mass is 16.3. The SMILES string of the molecule is CC(C)C[C@H]([C@H](O)CCNc1ccccc1)[C@@H](O)c1cc(O)cc(O)c1. The Morgan fingerprint density at radius 3 is 2.12 bits per heavy atom. The Morgan fingerprint density at radius 2 is 1.54 bits per heavy atom. The Labute approximate surface area is 154 Å². The maximum Gasteiger partial charge on any atom is 0.119 e. The van der Waals surface area contributed by atoms with Crippen molar-refractivity contribution in [1.82, 2.24) is 0 Å². The molecule has 5 heteroatoms. The first kappa shape index (κ1) is 20.1. The van der Waals surface area contributed by atoms with E-state index in [1.54, 1.807) is 0 Å². The van der Waals surface area contributed by atoms with E-state index in [0.717, 1.165) is 5.69 Å². The second kappa shape index (κ2) is 9.46. The first-order chi connectivity index (χ1) is 12.4. The highest BCUT2D eigenvalue weighted by Crippen LogP contribution is 2.34. The summed E-state index contributed by atoms with van der Waals surface area (Å²) >= 11 is 0. The highest BCUT2D eigenvalue weighted by Gasteiger charge is 2.29. The number of rotatable bonds is 9. The zero-order chi connectivity index (χ0) is 19.1. The molecule has 5 N–H and O–H groups in total. The Hall–Kier alpha value is -2.24. The average molecular weight is 359 g/mol. The third-order valence-corrected chi connectivity index (χ3v) is 4.45. The first-order valence-electron chi connectivity index (χ1n) is 9.04. The highest BCUT2D eigenvalue weighted by molar-refractivity contribution is 5.42. The molecule has 0 radical (unpaired) electrons. The molecule has 2 rings (SSSR count). The number of benzene rings is 2. The van der Waals surface area contributed by atoms with Gasteiger partial charge in [-0.3, -0.25) is 0 Å².